The fourth-order valence-corrected chi connectivity index (χ4v) is 3.95. The molecule has 1 aliphatic rings. The first-order chi connectivity index (χ1) is 13.7. The van der Waals surface area contributed by atoms with Crippen molar-refractivity contribution >= 4 is 11.8 Å². The Morgan fingerprint density at radius 1 is 1.07 bits per heavy atom. The summed E-state index contributed by atoms with van der Waals surface area (Å²) in [6, 6.07) is 13.8. The normalized spacial score (nSPS) is 12.0. The van der Waals surface area contributed by atoms with E-state index in [1.807, 2.05) is 43.3 Å². The maximum Gasteiger partial charge on any atom is 0.227 e. The Bertz CT molecular complexity index is 990. The zero-order valence-electron chi connectivity index (χ0n) is 16.2. The quantitative estimate of drug-likeness (QED) is 0.324. The molecule has 2 aromatic carbocycles. The van der Waals surface area contributed by atoms with Gasteiger partial charge in [0.05, 0.1) is 19.3 Å². The van der Waals surface area contributed by atoms with Gasteiger partial charge in [0.25, 0.3) is 0 Å². The third-order valence-corrected chi connectivity index (χ3v) is 5.38. The van der Waals surface area contributed by atoms with Crippen molar-refractivity contribution in [3.8, 4) is 34.5 Å². The molecule has 144 valence electrons. The van der Waals surface area contributed by atoms with Gasteiger partial charge in [-0.05, 0) is 43.0 Å². The molecule has 3 aromatic rings. The van der Waals surface area contributed by atoms with Crippen LogP contribution in [-0.4, -0.2) is 29.4 Å². The van der Waals surface area contributed by atoms with Crippen LogP contribution in [0.4, 0.5) is 0 Å². The van der Waals surface area contributed by atoms with Crippen LogP contribution >= 0.6 is 11.8 Å². The third kappa shape index (κ3) is 3.52. The second-order valence-electron chi connectivity index (χ2n) is 6.25. The Balaban J connectivity index is 1.76. The number of thioether (sulfide) groups is 1. The summed E-state index contributed by atoms with van der Waals surface area (Å²) in [6.07, 6.45) is 0.730. The average molecular weight is 394 g/mol. The van der Waals surface area contributed by atoms with Crippen molar-refractivity contribution in [3.63, 3.8) is 0 Å². The summed E-state index contributed by atoms with van der Waals surface area (Å²) in [6.45, 7) is 4.73. The van der Waals surface area contributed by atoms with Gasteiger partial charge < -0.3 is 14.2 Å². The molecule has 5 nitrogen and oxygen atoms in total. The fourth-order valence-electron chi connectivity index (χ4n) is 3.20. The van der Waals surface area contributed by atoms with Crippen molar-refractivity contribution in [2.24, 2.45) is 0 Å². The second-order valence-corrected chi connectivity index (χ2v) is 7.51. The molecule has 0 saturated heterocycles. The Morgan fingerprint density at radius 3 is 2.61 bits per heavy atom. The molecule has 0 bridgehead atoms. The van der Waals surface area contributed by atoms with Gasteiger partial charge in [0.15, 0.2) is 17.3 Å². The lowest BCUT2D eigenvalue weighted by atomic mass is 10.0. The van der Waals surface area contributed by atoms with E-state index in [2.05, 4.69) is 13.0 Å². The van der Waals surface area contributed by atoms with Crippen molar-refractivity contribution in [2.45, 2.75) is 25.3 Å². The molecule has 1 aromatic heterocycles. The van der Waals surface area contributed by atoms with Crippen LogP contribution in [0, 0.1) is 0 Å². The van der Waals surface area contributed by atoms with Gasteiger partial charge in [-0.3, -0.25) is 0 Å². The highest BCUT2D eigenvalue weighted by molar-refractivity contribution is 7.99. The van der Waals surface area contributed by atoms with Crippen LogP contribution in [0.25, 0.3) is 11.4 Å². The highest BCUT2D eigenvalue weighted by atomic mass is 32.2. The van der Waals surface area contributed by atoms with Crippen molar-refractivity contribution < 1.29 is 14.2 Å². The van der Waals surface area contributed by atoms with Gasteiger partial charge in [-0.25, -0.2) is 4.98 Å². The van der Waals surface area contributed by atoms with Crippen LogP contribution in [0.2, 0.25) is 0 Å². The van der Waals surface area contributed by atoms with Crippen LogP contribution in [0.15, 0.2) is 47.5 Å². The summed E-state index contributed by atoms with van der Waals surface area (Å²) in [4.78, 5) is 9.57. The summed E-state index contributed by atoms with van der Waals surface area (Å²) in [5, 5.41) is 0.963. The van der Waals surface area contributed by atoms with E-state index in [1.165, 1.54) is 0 Å². The molecule has 0 radical (unpaired) electrons. The molecule has 0 N–H and O–H groups in total. The second kappa shape index (κ2) is 8.10. The van der Waals surface area contributed by atoms with Crippen molar-refractivity contribution in [1.82, 2.24) is 9.97 Å². The summed E-state index contributed by atoms with van der Waals surface area (Å²) in [7, 11) is 1.65. The number of rotatable bonds is 6. The molecule has 1 aliphatic heterocycles. The topological polar surface area (TPSA) is 53.5 Å². The maximum atomic E-state index is 6.20. The largest absolute Gasteiger partial charge is 0.494 e. The first-order valence-electron chi connectivity index (χ1n) is 9.34. The highest BCUT2D eigenvalue weighted by Gasteiger charge is 2.26. The number of ether oxygens (including phenoxy) is 3. The van der Waals surface area contributed by atoms with Gasteiger partial charge in [-0.15, -0.1) is 11.8 Å². The fraction of sp³-hybridized carbons (Fsp3) is 0.273. The van der Waals surface area contributed by atoms with Gasteiger partial charge in [0, 0.05) is 17.5 Å². The highest BCUT2D eigenvalue weighted by Crippen LogP contribution is 2.44. The van der Waals surface area contributed by atoms with E-state index in [1.54, 1.807) is 18.9 Å². The van der Waals surface area contributed by atoms with Crippen molar-refractivity contribution in [1.29, 1.82) is 0 Å². The minimum atomic E-state index is 0.604. The Morgan fingerprint density at radius 2 is 1.89 bits per heavy atom. The number of aromatic nitrogens is 2. The Kier molecular flexibility index (Phi) is 5.39. The summed E-state index contributed by atoms with van der Waals surface area (Å²) < 4.78 is 17.2. The number of benzene rings is 2. The van der Waals surface area contributed by atoms with E-state index in [0.717, 1.165) is 45.4 Å². The molecule has 0 unspecified atom stereocenters. The molecule has 0 amide bonds. The number of para-hydroxylation sites is 1. The summed E-state index contributed by atoms with van der Waals surface area (Å²) in [5.74, 6) is 4.47. The van der Waals surface area contributed by atoms with E-state index in [4.69, 9.17) is 24.2 Å². The van der Waals surface area contributed by atoms with E-state index in [-0.39, 0.29) is 0 Å². The smallest absolute Gasteiger partial charge is 0.227 e. The van der Waals surface area contributed by atoms with Crippen molar-refractivity contribution in [3.05, 3.63) is 53.6 Å². The average Bonchev–Trinajstić information content (AvgIpc) is 2.73. The Labute approximate surface area is 169 Å². The Hall–Kier alpha value is -2.73. The molecular formula is C22H22N2O3S. The van der Waals surface area contributed by atoms with Gasteiger partial charge in [-0.1, -0.05) is 19.1 Å². The molecule has 0 saturated carbocycles. The first-order valence-corrected chi connectivity index (χ1v) is 10.3. The SMILES string of the molecule is CCOc1ccc(-c2nc3c(c(SCC)n2)Cc2cccc(OC)c2O3)cc1. The number of hydrogen-bond donors (Lipinski definition) is 0. The standard InChI is InChI=1S/C22H22N2O3S/c1-4-26-16-11-9-14(10-12-16)20-23-21-17(22(24-20)28-5-2)13-15-7-6-8-18(25-3)19(15)27-21/h6-12H,4-5,13H2,1-3H3. The molecule has 0 aliphatic carbocycles. The van der Waals surface area contributed by atoms with Gasteiger partial charge >= 0.3 is 0 Å². The molecule has 4 rings (SSSR count). The number of hydrogen-bond acceptors (Lipinski definition) is 6. The number of nitrogens with zero attached hydrogens (tertiary/aromatic N) is 2. The van der Waals surface area contributed by atoms with E-state index in [9.17, 15) is 0 Å². The monoisotopic (exact) mass is 394 g/mol. The zero-order chi connectivity index (χ0) is 19.5. The molecule has 0 spiro atoms. The van der Waals surface area contributed by atoms with Crippen LogP contribution in [0.3, 0.4) is 0 Å². The molecule has 6 heteroatoms. The van der Waals surface area contributed by atoms with E-state index >= 15 is 0 Å². The summed E-state index contributed by atoms with van der Waals surface area (Å²) >= 11 is 1.71. The summed E-state index contributed by atoms with van der Waals surface area (Å²) in [5.41, 5.74) is 3.04. The van der Waals surface area contributed by atoms with Gasteiger partial charge in [0.2, 0.25) is 5.88 Å². The minimum Gasteiger partial charge on any atom is -0.494 e. The van der Waals surface area contributed by atoms with Crippen LogP contribution in [0.5, 0.6) is 23.1 Å². The predicted molar refractivity (Wildman–Crippen MR) is 111 cm³/mol. The number of methoxy groups -OCH3 is 1. The van der Waals surface area contributed by atoms with Crippen LogP contribution in [-0.2, 0) is 6.42 Å². The van der Waals surface area contributed by atoms with Crippen LogP contribution < -0.4 is 14.2 Å². The zero-order valence-corrected chi connectivity index (χ0v) is 17.0. The van der Waals surface area contributed by atoms with E-state index in [0.29, 0.717) is 24.1 Å². The molecule has 0 atom stereocenters. The molecule has 0 fully saturated rings. The van der Waals surface area contributed by atoms with Crippen molar-refractivity contribution in [2.75, 3.05) is 19.5 Å². The minimum absolute atomic E-state index is 0.604. The van der Waals surface area contributed by atoms with Gasteiger partial charge in [-0.2, -0.15) is 4.98 Å². The molecule has 28 heavy (non-hydrogen) atoms. The lowest BCUT2D eigenvalue weighted by Gasteiger charge is -2.23. The molecule has 2 heterocycles. The van der Waals surface area contributed by atoms with Crippen LogP contribution in [0.1, 0.15) is 25.0 Å². The molecular weight excluding hydrogens is 372 g/mol. The predicted octanol–water partition coefficient (Wildman–Crippen LogP) is 5.36. The third-order valence-electron chi connectivity index (χ3n) is 4.48. The lowest BCUT2D eigenvalue weighted by Crippen LogP contribution is -2.10. The van der Waals surface area contributed by atoms with E-state index < -0.39 is 0 Å². The van der Waals surface area contributed by atoms with Gasteiger partial charge in [0.1, 0.15) is 10.8 Å². The maximum absolute atomic E-state index is 6.20. The first kappa shape index (κ1) is 18.6. The lowest BCUT2D eigenvalue weighted by molar-refractivity contribution is 0.340. The number of fused-ring (bicyclic) bond motifs is 2.